The van der Waals surface area contributed by atoms with E-state index in [-0.39, 0.29) is 5.82 Å². The number of hydrogen-bond acceptors (Lipinski definition) is 1. The summed E-state index contributed by atoms with van der Waals surface area (Å²) in [5, 5.41) is 2.51. The average Bonchev–Trinajstić information content (AvgIpc) is 2.41. The van der Waals surface area contributed by atoms with Crippen LogP contribution in [0.2, 0.25) is 5.02 Å². The number of anilines is 1. The third kappa shape index (κ3) is 2.04. The lowest BCUT2D eigenvalue weighted by Gasteiger charge is -2.09. The molecule has 0 unspecified atom stereocenters. The van der Waals surface area contributed by atoms with Crippen LogP contribution in [0.3, 0.4) is 0 Å². The quantitative estimate of drug-likeness (QED) is 0.627. The van der Waals surface area contributed by atoms with E-state index in [1.165, 1.54) is 6.07 Å². The van der Waals surface area contributed by atoms with Gasteiger partial charge in [-0.25, -0.2) is 4.39 Å². The first-order valence-electron chi connectivity index (χ1n) is 5.89. The van der Waals surface area contributed by atoms with Crippen molar-refractivity contribution in [2.24, 2.45) is 0 Å². The predicted molar refractivity (Wildman–Crippen MR) is 78.8 cm³/mol. The van der Waals surface area contributed by atoms with E-state index in [0.29, 0.717) is 16.3 Å². The number of nitrogen functional groups attached to an aromatic ring is 1. The van der Waals surface area contributed by atoms with Crippen molar-refractivity contribution in [2.45, 2.75) is 0 Å². The molecule has 0 spiro atoms. The van der Waals surface area contributed by atoms with Crippen molar-refractivity contribution >= 4 is 28.1 Å². The largest absolute Gasteiger partial charge is 0.399 e. The highest BCUT2D eigenvalue weighted by molar-refractivity contribution is 6.36. The molecule has 0 heterocycles. The zero-order chi connectivity index (χ0) is 13.4. The second-order valence-corrected chi connectivity index (χ2v) is 4.79. The summed E-state index contributed by atoms with van der Waals surface area (Å²) in [6.45, 7) is 0. The summed E-state index contributed by atoms with van der Waals surface area (Å²) in [6, 6.07) is 16.0. The van der Waals surface area contributed by atoms with Crippen LogP contribution in [-0.4, -0.2) is 0 Å². The van der Waals surface area contributed by atoms with E-state index in [9.17, 15) is 4.39 Å². The molecular weight excluding hydrogens is 261 g/mol. The second kappa shape index (κ2) is 4.56. The molecule has 0 aliphatic carbocycles. The highest BCUT2D eigenvalue weighted by atomic mass is 35.5. The molecular formula is C16H11ClFN. The predicted octanol–water partition coefficient (Wildman–Crippen LogP) is 4.88. The van der Waals surface area contributed by atoms with Crippen LogP contribution in [0.15, 0.2) is 54.6 Å². The third-order valence-electron chi connectivity index (χ3n) is 3.15. The summed E-state index contributed by atoms with van der Waals surface area (Å²) in [7, 11) is 0. The van der Waals surface area contributed by atoms with Crippen molar-refractivity contribution < 1.29 is 4.39 Å². The van der Waals surface area contributed by atoms with E-state index in [1.54, 1.807) is 18.2 Å². The Hall–Kier alpha value is -2.06. The third-order valence-corrected chi connectivity index (χ3v) is 3.48. The zero-order valence-corrected chi connectivity index (χ0v) is 10.8. The molecule has 2 N–H and O–H groups in total. The first-order valence-corrected chi connectivity index (χ1v) is 6.27. The Morgan fingerprint density at radius 1 is 0.842 bits per heavy atom. The highest BCUT2D eigenvalue weighted by Crippen LogP contribution is 2.34. The topological polar surface area (TPSA) is 26.0 Å². The molecule has 0 radical (unpaired) electrons. The Morgan fingerprint density at radius 2 is 1.53 bits per heavy atom. The molecule has 94 valence electrons. The van der Waals surface area contributed by atoms with E-state index >= 15 is 0 Å². The molecule has 0 aliphatic rings. The summed E-state index contributed by atoms with van der Waals surface area (Å²) < 4.78 is 14.1. The van der Waals surface area contributed by atoms with Gasteiger partial charge in [-0.05, 0) is 35.2 Å². The van der Waals surface area contributed by atoms with Crippen LogP contribution in [0.25, 0.3) is 21.9 Å². The van der Waals surface area contributed by atoms with Gasteiger partial charge in [0, 0.05) is 21.7 Å². The number of fused-ring (bicyclic) bond motifs is 1. The van der Waals surface area contributed by atoms with Crippen molar-refractivity contribution in [2.75, 3.05) is 5.73 Å². The van der Waals surface area contributed by atoms with Crippen LogP contribution >= 0.6 is 11.6 Å². The van der Waals surface area contributed by atoms with Gasteiger partial charge >= 0.3 is 0 Å². The highest BCUT2D eigenvalue weighted by Gasteiger charge is 2.10. The van der Waals surface area contributed by atoms with Gasteiger partial charge in [-0.15, -0.1) is 0 Å². The molecule has 3 aromatic rings. The lowest BCUT2D eigenvalue weighted by molar-refractivity contribution is 0.632. The van der Waals surface area contributed by atoms with Crippen molar-refractivity contribution in [3.8, 4) is 11.1 Å². The molecule has 19 heavy (non-hydrogen) atoms. The number of nitrogens with two attached hydrogens (primary N) is 1. The Bertz CT molecular complexity index is 768. The average molecular weight is 272 g/mol. The van der Waals surface area contributed by atoms with Gasteiger partial charge in [0.15, 0.2) is 0 Å². The van der Waals surface area contributed by atoms with Crippen molar-refractivity contribution in [1.29, 1.82) is 0 Å². The number of benzene rings is 3. The van der Waals surface area contributed by atoms with Gasteiger partial charge in [-0.2, -0.15) is 0 Å². The van der Waals surface area contributed by atoms with E-state index in [1.807, 2.05) is 30.3 Å². The zero-order valence-electron chi connectivity index (χ0n) is 10.0. The van der Waals surface area contributed by atoms with Gasteiger partial charge in [0.2, 0.25) is 0 Å². The molecule has 0 atom stereocenters. The molecule has 0 saturated carbocycles. The first-order chi connectivity index (χ1) is 9.16. The molecule has 3 rings (SSSR count). The van der Waals surface area contributed by atoms with Crippen LogP contribution in [0.5, 0.6) is 0 Å². The Morgan fingerprint density at radius 3 is 2.26 bits per heavy atom. The minimum atomic E-state index is -0.326. The SMILES string of the molecule is Nc1ccc(-c2ccc(Cl)c3ccccc23)c(F)c1. The number of hydrogen-bond donors (Lipinski definition) is 1. The first kappa shape index (κ1) is 12.0. The molecule has 0 saturated heterocycles. The number of rotatable bonds is 1. The van der Waals surface area contributed by atoms with Gasteiger partial charge in [0.05, 0.1) is 0 Å². The van der Waals surface area contributed by atoms with Crippen molar-refractivity contribution in [3.63, 3.8) is 0 Å². The molecule has 3 aromatic carbocycles. The monoisotopic (exact) mass is 271 g/mol. The fourth-order valence-corrected chi connectivity index (χ4v) is 2.47. The van der Waals surface area contributed by atoms with E-state index in [4.69, 9.17) is 17.3 Å². The lowest BCUT2D eigenvalue weighted by Crippen LogP contribution is -1.90. The Labute approximate surface area is 115 Å². The lowest BCUT2D eigenvalue weighted by atomic mass is 9.97. The van der Waals surface area contributed by atoms with Crippen LogP contribution in [0.1, 0.15) is 0 Å². The van der Waals surface area contributed by atoms with Gasteiger partial charge < -0.3 is 5.73 Å². The fraction of sp³-hybridized carbons (Fsp3) is 0. The molecule has 1 nitrogen and oxygen atoms in total. The summed E-state index contributed by atoms with van der Waals surface area (Å²) in [4.78, 5) is 0. The van der Waals surface area contributed by atoms with Gasteiger partial charge in [-0.3, -0.25) is 0 Å². The van der Waals surface area contributed by atoms with Crippen molar-refractivity contribution in [3.05, 3.63) is 65.4 Å². The minimum absolute atomic E-state index is 0.326. The normalized spacial score (nSPS) is 10.8. The van der Waals surface area contributed by atoms with E-state index in [0.717, 1.165) is 16.3 Å². The summed E-state index contributed by atoms with van der Waals surface area (Å²) >= 11 is 6.17. The smallest absolute Gasteiger partial charge is 0.133 e. The number of halogens is 2. The maximum atomic E-state index is 14.1. The molecule has 3 heteroatoms. The van der Waals surface area contributed by atoms with E-state index < -0.39 is 0 Å². The minimum Gasteiger partial charge on any atom is -0.399 e. The van der Waals surface area contributed by atoms with Gasteiger partial charge in [-0.1, -0.05) is 41.9 Å². The van der Waals surface area contributed by atoms with Crippen LogP contribution in [0, 0.1) is 5.82 Å². The Balaban J connectivity index is 2.34. The Kier molecular flexibility index (Phi) is 2.88. The van der Waals surface area contributed by atoms with Gasteiger partial charge in [0.25, 0.3) is 0 Å². The standard InChI is InChI=1S/C16H11ClFN/c17-15-8-7-12(11-3-1-2-4-13(11)15)14-6-5-10(19)9-16(14)18/h1-9H,19H2. The van der Waals surface area contributed by atoms with Crippen LogP contribution < -0.4 is 5.73 Å². The second-order valence-electron chi connectivity index (χ2n) is 4.38. The van der Waals surface area contributed by atoms with Gasteiger partial charge in [0.1, 0.15) is 5.82 Å². The molecule has 0 amide bonds. The molecule has 0 aliphatic heterocycles. The maximum Gasteiger partial charge on any atom is 0.133 e. The summed E-state index contributed by atoms with van der Waals surface area (Å²) in [5.41, 5.74) is 7.34. The molecule has 0 bridgehead atoms. The summed E-state index contributed by atoms with van der Waals surface area (Å²) in [6.07, 6.45) is 0. The van der Waals surface area contributed by atoms with Crippen molar-refractivity contribution in [1.82, 2.24) is 0 Å². The molecule has 0 aromatic heterocycles. The molecule has 0 fully saturated rings. The summed E-state index contributed by atoms with van der Waals surface area (Å²) in [5.74, 6) is -0.326. The van der Waals surface area contributed by atoms with Crippen LogP contribution in [-0.2, 0) is 0 Å². The van der Waals surface area contributed by atoms with Crippen LogP contribution in [0.4, 0.5) is 10.1 Å². The maximum absolute atomic E-state index is 14.1. The fourth-order valence-electron chi connectivity index (χ4n) is 2.25. The van der Waals surface area contributed by atoms with E-state index in [2.05, 4.69) is 0 Å².